The molecule has 88 valence electrons. The molecule has 4 heteroatoms. The summed E-state index contributed by atoms with van der Waals surface area (Å²) in [4.78, 5) is 12.0. The maximum atomic E-state index is 12.0. The highest BCUT2D eigenvalue weighted by molar-refractivity contribution is 6.19. The number of aryl methyl sites for hydroxylation is 1. The van der Waals surface area contributed by atoms with Gasteiger partial charge in [-0.15, -0.1) is 11.6 Å². The zero-order valence-electron chi connectivity index (χ0n) is 9.38. The third kappa shape index (κ3) is 2.09. The van der Waals surface area contributed by atoms with E-state index in [1.165, 1.54) is 6.26 Å². The highest BCUT2D eigenvalue weighted by atomic mass is 35.5. The number of alkyl halides is 1. The van der Waals surface area contributed by atoms with E-state index in [9.17, 15) is 4.79 Å². The van der Waals surface area contributed by atoms with Crippen LogP contribution in [-0.2, 0) is 0 Å². The van der Waals surface area contributed by atoms with Gasteiger partial charge in [0.25, 0.3) is 5.91 Å². The Hall–Kier alpha value is -0.960. The molecule has 1 aliphatic carbocycles. The fraction of sp³-hybridized carbons (Fsp3) is 0.583. The van der Waals surface area contributed by atoms with Crippen molar-refractivity contribution in [2.24, 2.45) is 0 Å². The van der Waals surface area contributed by atoms with Crippen molar-refractivity contribution in [1.82, 2.24) is 5.32 Å². The van der Waals surface area contributed by atoms with Crippen molar-refractivity contribution in [2.75, 3.05) is 5.88 Å². The number of halogens is 1. The van der Waals surface area contributed by atoms with Crippen LogP contribution in [0.15, 0.2) is 16.7 Å². The molecule has 1 aliphatic rings. The number of rotatable bonds is 3. The van der Waals surface area contributed by atoms with E-state index in [-0.39, 0.29) is 11.4 Å². The van der Waals surface area contributed by atoms with Gasteiger partial charge in [-0.1, -0.05) is 12.8 Å². The van der Waals surface area contributed by atoms with Crippen LogP contribution in [0.5, 0.6) is 0 Å². The molecule has 1 saturated carbocycles. The maximum absolute atomic E-state index is 12.0. The van der Waals surface area contributed by atoms with Crippen molar-refractivity contribution < 1.29 is 9.21 Å². The molecule has 0 aromatic carbocycles. The Kier molecular flexibility index (Phi) is 3.24. The molecule has 2 rings (SSSR count). The van der Waals surface area contributed by atoms with Crippen LogP contribution in [-0.4, -0.2) is 17.3 Å². The van der Waals surface area contributed by atoms with Crippen LogP contribution in [0.2, 0.25) is 0 Å². The summed E-state index contributed by atoms with van der Waals surface area (Å²) in [6.07, 6.45) is 5.75. The lowest BCUT2D eigenvalue weighted by molar-refractivity contribution is 0.0908. The third-order valence-electron chi connectivity index (χ3n) is 3.30. The number of furan rings is 1. The van der Waals surface area contributed by atoms with Crippen LogP contribution < -0.4 is 5.32 Å². The Morgan fingerprint density at radius 1 is 1.56 bits per heavy atom. The molecule has 1 fully saturated rings. The second-order valence-corrected chi connectivity index (χ2v) is 4.73. The Labute approximate surface area is 100 Å². The molecule has 3 nitrogen and oxygen atoms in total. The number of hydrogen-bond donors (Lipinski definition) is 1. The Bertz CT molecular complexity index is 380. The predicted molar refractivity (Wildman–Crippen MR) is 62.8 cm³/mol. The Balaban J connectivity index is 2.09. The summed E-state index contributed by atoms with van der Waals surface area (Å²) in [6.45, 7) is 1.79. The lowest BCUT2D eigenvalue weighted by Gasteiger charge is -2.27. The normalized spacial score (nSPS) is 18.6. The molecule has 1 amide bonds. The van der Waals surface area contributed by atoms with E-state index in [0.29, 0.717) is 17.2 Å². The summed E-state index contributed by atoms with van der Waals surface area (Å²) in [5, 5.41) is 3.05. The van der Waals surface area contributed by atoms with Crippen molar-refractivity contribution in [3.8, 4) is 0 Å². The van der Waals surface area contributed by atoms with Crippen LogP contribution in [0.3, 0.4) is 0 Å². The average Bonchev–Trinajstić information content (AvgIpc) is 2.87. The molecule has 0 spiro atoms. The molecule has 1 N–H and O–H groups in total. The zero-order valence-corrected chi connectivity index (χ0v) is 10.1. The first-order valence-electron chi connectivity index (χ1n) is 5.59. The van der Waals surface area contributed by atoms with Crippen LogP contribution in [0, 0.1) is 6.92 Å². The molecule has 0 bridgehead atoms. The summed E-state index contributed by atoms with van der Waals surface area (Å²) in [6, 6.07) is 1.70. The minimum absolute atomic E-state index is 0.0752. The first-order valence-corrected chi connectivity index (χ1v) is 6.13. The molecule has 0 aliphatic heterocycles. The van der Waals surface area contributed by atoms with E-state index < -0.39 is 0 Å². The second-order valence-electron chi connectivity index (χ2n) is 4.47. The van der Waals surface area contributed by atoms with Gasteiger partial charge in [0, 0.05) is 5.88 Å². The standard InChI is InChI=1S/C12H16ClNO2/c1-9-10(4-7-16-9)11(15)14-12(8-13)5-2-3-6-12/h4,7H,2-3,5-6,8H2,1H3,(H,14,15). The van der Waals surface area contributed by atoms with Gasteiger partial charge in [-0.3, -0.25) is 4.79 Å². The number of nitrogens with one attached hydrogen (secondary N) is 1. The molecule has 1 aromatic rings. The quantitative estimate of drug-likeness (QED) is 0.827. The predicted octanol–water partition coefficient (Wildman–Crippen LogP) is 2.87. The largest absolute Gasteiger partial charge is 0.469 e. The van der Waals surface area contributed by atoms with Crippen LogP contribution >= 0.6 is 11.6 Å². The van der Waals surface area contributed by atoms with E-state index in [4.69, 9.17) is 16.0 Å². The third-order valence-corrected chi connectivity index (χ3v) is 3.81. The van der Waals surface area contributed by atoms with Crippen LogP contribution in [0.25, 0.3) is 0 Å². The fourth-order valence-electron chi connectivity index (χ4n) is 2.27. The van der Waals surface area contributed by atoms with Gasteiger partial charge in [0.1, 0.15) is 5.76 Å². The molecule has 16 heavy (non-hydrogen) atoms. The first kappa shape index (κ1) is 11.5. The molecule has 0 saturated heterocycles. The zero-order chi connectivity index (χ0) is 11.6. The van der Waals surface area contributed by atoms with Gasteiger partial charge in [0.15, 0.2) is 0 Å². The molecule has 1 aromatic heterocycles. The summed E-state index contributed by atoms with van der Waals surface area (Å²) in [5.74, 6) is 1.06. The lowest BCUT2D eigenvalue weighted by Crippen LogP contribution is -2.47. The van der Waals surface area contributed by atoms with E-state index in [2.05, 4.69) is 5.32 Å². The highest BCUT2D eigenvalue weighted by Gasteiger charge is 2.35. The fourth-order valence-corrected chi connectivity index (χ4v) is 2.61. The van der Waals surface area contributed by atoms with E-state index in [1.54, 1.807) is 13.0 Å². The smallest absolute Gasteiger partial charge is 0.255 e. The van der Waals surface area contributed by atoms with Crippen molar-refractivity contribution in [3.05, 3.63) is 23.7 Å². The van der Waals surface area contributed by atoms with E-state index in [1.807, 2.05) is 0 Å². The van der Waals surface area contributed by atoms with Gasteiger partial charge in [0.2, 0.25) is 0 Å². The minimum atomic E-state index is -0.206. The summed E-state index contributed by atoms with van der Waals surface area (Å²) in [5.41, 5.74) is 0.402. The van der Waals surface area contributed by atoms with E-state index in [0.717, 1.165) is 25.7 Å². The Morgan fingerprint density at radius 3 is 2.75 bits per heavy atom. The summed E-state index contributed by atoms with van der Waals surface area (Å²) < 4.78 is 5.12. The van der Waals surface area contributed by atoms with Crippen molar-refractivity contribution in [1.29, 1.82) is 0 Å². The molecule has 0 unspecified atom stereocenters. The first-order chi connectivity index (χ1) is 7.67. The van der Waals surface area contributed by atoms with E-state index >= 15 is 0 Å². The summed E-state index contributed by atoms with van der Waals surface area (Å²) in [7, 11) is 0. The number of carbonyl (C=O) groups excluding carboxylic acids is 1. The SMILES string of the molecule is Cc1occc1C(=O)NC1(CCl)CCCC1. The monoisotopic (exact) mass is 241 g/mol. The molecular weight excluding hydrogens is 226 g/mol. The highest BCUT2D eigenvalue weighted by Crippen LogP contribution is 2.31. The van der Waals surface area contributed by atoms with Gasteiger partial charge in [0.05, 0.1) is 17.4 Å². The summed E-state index contributed by atoms with van der Waals surface area (Å²) >= 11 is 5.97. The van der Waals surface area contributed by atoms with Crippen molar-refractivity contribution >= 4 is 17.5 Å². The number of hydrogen-bond acceptors (Lipinski definition) is 2. The lowest BCUT2D eigenvalue weighted by atomic mass is 10.00. The van der Waals surface area contributed by atoms with Gasteiger partial charge in [-0.2, -0.15) is 0 Å². The molecular formula is C12H16ClNO2. The van der Waals surface area contributed by atoms with Gasteiger partial charge < -0.3 is 9.73 Å². The molecule has 1 heterocycles. The van der Waals surface area contributed by atoms with Crippen molar-refractivity contribution in [3.63, 3.8) is 0 Å². The van der Waals surface area contributed by atoms with Crippen LogP contribution in [0.4, 0.5) is 0 Å². The second kappa shape index (κ2) is 4.50. The molecule has 0 atom stereocenters. The van der Waals surface area contributed by atoms with Crippen molar-refractivity contribution in [2.45, 2.75) is 38.1 Å². The topological polar surface area (TPSA) is 42.2 Å². The average molecular weight is 242 g/mol. The van der Waals surface area contributed by atoms with Gasteiger partial charge in [-0.25, -0.2) is 0 Å². The van der Waals surface area contributed by atoms with Gasteiger partial charge in [-0.05, 0) is 25.8 Å². The number of carbonyl (C=O) groups is 1. The Morgan fingerprint density at radius 2 is 2.25 bits per heavy atom. The number of amides is 1. The maximum Gasteiger partial charge on any atom is 0.255 e. The van der Waals surface area contributed by atoms with Crippen LogP contribution in [0.1, 0.15) is 41.8 Å². The van der Waals surface area contributed by atoms with Gasteiger partial charge >= 0.3 is 0 Å². The minimum Gasteiger partial charge on any atom is -0.469 e. The molecule has 0 radical (unpaired) electrons.